The highest BCUT2D eigenvalue weighted by molar-refractivity contribution is 5.94. The molecule has 38 heavy (non-hydrogen) atoms. The molecule has 3 heterocycles. The molecule has 1 aromatic carbocycles. The standard InChI is InChI=1S/C28H31F2N5O3/c1-17(23-8-4-5-12-31-23)32-27(36)21-16-35(19-6-2-3-7-19)13-11-24(21)33-28(37)25-15-26(38-34-25)20-10-9-18(29)14-22(20)30/h4-5,8-10,12,14-15,17,19,21,24H,2-3,6-7,11,13,16H2,1H3,(H,32,36)(H,33,37)/t17-,21-,24-/m1/s1. The smallest absolute Gasteiger partial charge is 0.273 e. The van der Waals surface area contributed by atoms with Gasteiger partial charge in [-0.25, -0.2) is 8.78 Å². The number of hydrogen-bond acceptors (Lipinski definition) is 6. The molecule has 200 valence electrons. The van der Waals surface area contributed by atoms with Crippen LogP contribution in [-0.2, 0) is 4.79 Å². The Hall–Kier alpha value is -3.66. The van der Waals surface area contributed by atoms with Gasteiger partial charge >= 0.3 is 0 Å². The molecule has 0 radical (unpaired) electrons. The van der Waals surface area contributed by atoms with Crippen molar-refractivity contribution in [3.05, 3.63) is 71.7 Å². The number of hydrogen-bond donors (Lipinski definition) is 2. The molecule has 3 atom stereocenters. The number of piperidine rings is 1. The number of carbonyl (C=O) groups is 2. The van der Waals surface area contributed by atoms with Crippen molar-refractivity contribution in [3.8, 4) is 11.3 Å². The maximum atomic E-state index is 14.2. The van der Waals surface area contributed by atoms with Gasteiger partial charge in [0.25, 0.3) is 5.91 Å². The van der Waals surface area contributed by atoms with Crippen molar-refractivity contribution in [2.24, 2.45) is 5.92 Å². The zero-order valence-corrected chi connectivity index (χ0v) is 21.2. The second-order valence-electron chi connectivity index (χ2n) is 10.1. The zero-order chi connectivity index (χ0) is 26.6. The number of benzene rings is 1. The van der Waals surface area contributed by atoms with Crippen molar-refractivity contribution in [1.29, 1.82) is 0 Å². The number of carbonyl (C=O) groups excluding carboxylic acids is 2. The lowest BCUT2D eigenvalue weighted by molar-refractivity contribution is -0.128. The van der Waals surface area contributed by atoms with Gasteiger partial charge in [0.1, 0.15) is 11.6 Å². The van der Waals surface area contributed by atoms with Crippen molar-refractivity contribution < 1.29 is 22.9 Å². The molecule has 1 saturated carbocycles. The number of pyridine rings is 1. The van der Waals surface area contributed by atoms with E-state index in [4.69, 9.17) is 4.52 Å². The molecular weight excluding hydrogens is 492 g/mol. The number of amides is 2. The molecule has 5 rings (SSSR count). The van der Waals surface area contributed by atoms with Crippen molar-refractivity contribution in [2.75, 3.05) is 13.1 Å². The molecule has 2 aliphatic rings. The Labute approximate surface area is 219 Å². The van der Waals surface area contributed by atoms with E-state index in [0.29, 0.717) is 19.0 Å². The van der Waals surface area contributed by atoms with Crippen LogP contribution < -0.4 is 10.6 Å². The summed E-state index contributed by atoms with van der Waals surface area (Å²) in [5.74, 6) is -2.65. The van der Waals surface area contributed by atoms with Gasteiger partial charge in [-0.3, -0.25) is 19.5 Å². The number of nitrogens with one attached hydrogen (secondary N) is 2. The maximum absolute atomic E-state index is 14.2. The van der Waals surface area contributed by atoms with Gasteiger partial charge in [0.2, 0.25) is 5.91 Å². The first-order valence-electron chi connectivity index (χ1n) is 13.1. The van der Waals surface area contributed by atoms with E-state index < -0.39 is 29.5 Å². The van der Waals surface area contributed by atoms with Crippen molar-refractivity contribution in [2.45, 2.75) is 57.2 Å². The van der Waals surface area contributed by atoms with E-state index in [1.54, 1.807) is 6.20 Å². The molecule has 1 aliphatic heterocycles. The van der Waals surface area contributed by atoms with Crippen LogP contribution in [0, 0.1) is 17.6 Å². The van der Waals surface area contributed by atoms with E-state index in [1.807, 2.05) is 25.1 Å². The Morgan fingerprint density at radius 1 is 1.11 bits per heavy atom. The van der Waals surface area contributed by atoms with Crippen LogP contribution in [0.5, 0.6) is 0 Å². The highest BCUT2D eigenvalue weighted by atomic mass is 19.1. The number of aromatic nitrogens is 2. The fraction of sp³-hybridized carbons (Fsp3) is 0.429. The molecule has 0 bridgehead atoms. The molecule has 8 nitrogen and oxygen atoms in total. The van der Waals surface area contributed by atoms with Gasteiger partial charge in [-0.15, -0.1) is 0 Å². The van der Waals surface area contributed by atoms with Gasteiger partial charge in [-0.1, -0.05) is 24.1 Å². The third-order valence-electron chi connectivity index (χ3n) is 7.57. The SMILES string of the molecule is C[C@@H](NC(=O)[C@@H]1CN(C2CCCC2)CC[C@H]1NC(=O)c1cc(-c2ccc(F)cc2F)on1)c1ccccn1. The van der Waals surface area contributed by atoms with Crippen LogP contribution in [0.4, 0.5) is 8.78 Å². The normalized spacial score (nSPS) is 21.2. The molecule has 1 saturated heterocycles. The number of nitrogens with zero attached hydrogens (tertiary/aromatic N) is 3. The lowest BCUT2D eigenvalue weighted by atomic mass is 9.89. The Morgan fingerprint density at radius 2 is 1.92 bits per heavy atom. The van der Waals surface area contributed by atoms with Crippen LogP contribution in [0.3, 0.4) is 0 Å². The first-order chi connectivity index (χ1) is 18.4. The van der Waals surface area contributed by atoms with Crippen LogP contribution >= 0.6 is 0 Å². The van der Waals surface area contributed by atoms with E-state index in [-0.39, 0.29) is 29.0 Å². The monoisotopic (exact) mass is 523 g/mol. The Kier molecular flexibility index (Phi) is 7.78. The third kappa shape index (κ3) is 5.75. The van der Waals surface area contributed by atoms with Gasteiger partial charge in [0, 0.05) is 43.5 Å². The minimum Gasteiger partial charge on any atom is -0.355 e. The predicted octanol–water partition coefficient (Wildman–Crippen LogP) is 4.26. The van der Waals surface area contributed by atoms with E-state index in [1.165, 1.54) is 25.0 Å². The molecule has 2 fully saturated rings. The fourth-order valence-electron chi connectivity index (χ4n) is 5.48. The first kappa shape index (κ1) is 26.0. The quantitative estimate of drug-likeness (QED) is 0.480. The van der Waals surface area contributed by atoms with Gasteiger partial charge in [-0.05, 0) is 50.5 Å². The number of halogens is 2. The van der Waals surface area contributed by atoms with Crippen molar-refractivity contribution >= 4 is 11.8 Å². The van der Waals surface area contributed by atoms with Crippen LogP contribution in [0.15, 0.2) is 53.2 Å². The minimum absolute atomic E-state index is 0.00332. The lowest BCUT2D eigenvalue weighted by Gasteiger charge is -2.41. The Balaban J connectivity index is 1.30. The van der Waals surface area contributed by atoms with Crippen LogP contribution in [0.2, 0.25) is 0 Å². The molecule has 2 aromatic heterocycles. The van der Waals surface area contributed by atoms with Gasteiger partial charge in [0.05, 0.1) is 23.2 Å². The average molecular weight is 524 g/mol. The third-order valence-corrected chi connectivity index (χ3v) is 7.57. The molecular formula is C28H31F2N5O3. The number of likely N-dealkylation sites (tertiary alicyclic amines) is 1. The van der Waals surface area contributed by atoms with Gasteiger partial charge in [0.15, 0.2) is 11.5 Å². The van der Waals surface area contributed by atoms with E-state index in [9.17, 15) is 18.4 Å². The Morgan fingerprint density at radius 3 is 2.66 bits per heavy atom. The highest BCUT2D eigenvalue weighted by Gasteiger charge is 2.39. The summed E-state index contributed by atoms with van der Waals surface area (Å²) in [6.07, 6.45) is 6.92. The minimum atomic E-state index is -0.814. The lowest BCUT2D eigenvalue weighted by Crippen LogP contribution is -2.57. The summed E-state index contributed by atoms with van der Waals surface area (Å²) in [6.45, 7) is 3.21. The van der Waals surface area contributed by atoms with E-state index >= 15 is 0 Å². The van der Waals surface area contributed by atoms with E-state index in [0.717, 1.165) is 37.2 Å². The largest absolute Gasteiger partial charge is 0.355 e. The summed E-state index contributed by atoms with van der Waals surface area (Å²) < 4.78 is 32.6. The molecule has 1 aliphatic carbocycles. The number of rotatable bonds is 7. The second kappa shape index (κ2) is 11.4. The summed E-state index contributed by atoms with van der Waals surface area (Å²) in [7, 11) is 0. The highest BCUT2D eigenvalue weighted by Crippen LogP contribution is 2.29. The summed E-state index contributed by atoms with van der Waals surface area (Å²) in [6, 6.07) is 9.71. The molecule has 0 unspecified atom stereocenters. The molecule has 3 aromatic rings. The molecule has 10 heteroatoms. The predicted molar refractivity (Wildman–Crippen MR) is 136 cm³/mol. The average Bonchev–Trinajstić information content (AvgIpc) is 3.62. The van der Waals surface area contributed by atoms with Crippen molar-refractivity contribution in [3.63, 3.8) is 0 Å². The van der Waals surface area contributed by atoms with Gasteiger partial charge < -0.3 is 15.2 Å². The van der Waals surface area contributed by atoms with Crippen molar-refractivity contribution in [1.82, 2.24) is 25.7 Å². The van der Waals surface area contributed by atoms with E-state index in [2.05, 4.69) is 25.7 Å². The van der Waals surface area contributed by atoms with Crippen LogP contribution in [-0.4, -0.2) is 52.0 Å². The van der Waals surface area contributed by atoms with Gasteiger partial charge in [-0.2, -0.15) is 0 Å². The zero-order valence-electron chi connectivity index (χ0n) is 21.2. The fourth-order valence-corrected chi connectivity index (χ4v) is 5.48. The summed E-state index contributed by atoms with van der Waals surface area (Å²) in [5.41, 5.74) is 0.722. The molecule has 2 amide bonds. The molecule has 0 spiro atoms. The summed E-state index contributed by atoms with van der Waals surface area (Å²) >= 11 is 0. The van der Waals surface area contributed by atoms with Crippen LogP contribution in [0.25, 0.3) is 11.3 Å². The topological polar surface area (TPSA) is 100 Å². The second-order valence-corrected chi connectivity index (χ2v) is 10.1. The summed E-state index contributed by atoms with van der Waals surface area (Å²) in [4.78, 5) is 33.3. The first-order valence-corrected chi connectivity index (χ1v) is 13.1. The summed E-state index contributed by atoms with van der Waals surface area (Å²) in [5, 5.41) is 9.82. The maximum Gasteiger partial charge on any atom is 0.273 e. The molecule has 2 N–H and O–H groups in total. The Bertz CT molecular complexity index is 1280. The van der Waals surface area contributed by atoms with Crippen LogP contribution in [0.1, 0.15) is 61.3 Å².